The number of urea groups is 1. The maximum Gasteiger partial charge on any atom is 0.340 e. The fraction of sp³-hybridized carbons (Fsp3) is 0.391. The molecule has 1 aromatic carbocycles. The number of pyridine rings is 1. The Hall–Kier alpha value is -3.42. The molecule has 0 saturated heterocycles. The molecule has 2 N–H and O–H groups in total. The highest BCUT2D eigenvalue weighted by atomic mass is 16.5. The Morgan fingerprint density at radius 2 is 1.97 bits per heavy atom. The van der Waals surface area contributed by atoms with E-state index in [1.54, 1.807) is 37.4 Å². The number of fused-ring (bicyclic) bond motifs is 1. The molecule has 0 bridgehead atoms. The van der Waals surface area contributed by atoms with Crippen LogP contribution in [0.15, 0.2) is 42.6 Å². The van der Waals surface area contributed by atoms with Gasteiger partial charge in [-0.25, -0.2) is 19.6 Å². The lowest BCUT2D eigenvalue weighted by molar-refractivity contribution is 0.0527. The Balaban J connectivity index is 1.41. The summed E-state index contributed by atoms with van der Waals surface area (Å²) in [6, 6.07) is 10.7. The summed E-state index contributed by atoms with van der Waals surface area (Å²) in [5, 5.41) is 5.61. The first kappa shape index (κ1) is 20.8. The zero-order valence-corrected chi connectivity index (χ0v) is 17.6. The predicted molar refractivity (Wildman–Crippen MR) is 118 cm³/mol. The highest BCUT2D eigenvalue weighted by molar-refractivity contribution is 6.00. The minimum absolute atomic E-state index is 0.274. The van der Waals surface area contributed by atoms with Crippen molar-refractivity contribution in [2.45, 2.75) is 45.1 Å². The van der Waals surface area contributed by atoms with Gasteiger partial charge in [0.05, 0.1) is 17.9 Å². The highest BCUT2D eigenvalue weighted by Gasteiger charge is 2.23. The molecule has 3 aromatic rings. The molecule has 2 amide bonds. The summed E-state index contributed by atoms with van der Waals surface area (Å²) in [7, 11) is 0. The molecule has 4 rings (SSSR count). The van der Waals surface area contributed by atoms with E-state index in [1.165, 1.54) is 12.8 Å². The fourth-order valence-electron chi connectivity index (χ4n) is 4.13. The van der Waals surface area contributed by atoms with Gasteiger partial charge in [-0.3, -0.25) is 0 Å². The van der Waals surface area contributed by atoms with Crippen LogP contribution in [-0.2, 0) is 11.2 Å². The van der Waals surface area contributed by atoms with Gasteiger partial charge in [0, 0.05) is 25.2 Å². The predicted octanol–water partition coefficient (Wildman–Crippen LogP) is 4.09. The minimum Gasteiger partial charge on any atom is -0.462 e. The number of carbonyl (C=O) groups is 2. The number of esters is 1. The van der Waals surface area contributed by atoms with Crippen LogP contribution >= 0.6 is 0 Å². The molecular formula is C23H27N5O3. The number of anilines is 1. The number of amides is 2. The second-order valence-electron chi connectivity index (χ2n) is 7.58. The molecule has 1 saturated carbocycles. The van der Waals surface area contributed by atoms with Crippen LogP contribution in [0.25, 0.3) is 11.2 Å². The van der Waals surface area contributed by atoms with Crippen molar-refractivity contribution < 1.29 is 14.3 Å². The summed E-state index contributed by atoms with van der Waals surface area (Å²) >= 11 is 0. The first-order valence-corrected chi connectivity index (χ1v) is 10.8. The van der Waals surface area contributed by atoms with Crippen molar-refractivity contribution in [3.63, 3.8) is 0 Å². The number of hydrogen-bond donors (Lipinski definition) is 2. The van der Waals surface area contributed by atoms with Gasteiger partial charge < -0.3 is 19.9 Å². The molecule has 1 fully saturated rings. The van der Waals surface area contributed by atoms with Crippen LogP contribution < -0.4 is 10.6 Å². The van der Waals surface area contributed by atoms with Crippen LogP contribution in [-0.4, -0.2) is 39.7 Å². The molecule has 8 nitrogen and oxygen atoms in total. The van der Waals surface area contributed by atoms with Crippen LogP contribution in [0, 0.1) is 0 Å². The van der Waals surface area contributed by atoms with E-state index in [-0.39, 0.29) is 12.6 Å². The molecule has 0 radical (unpaired) electrons. The normalized spacial score (nSPS) is 14.0. The van der Waals surface area contributed by atoms with Gasteiger partial charge in [-0.15, -0.1) is 0 Å². The molecule has 1 aliphatic carbocycles. The van der Waals surface area contributed by atoms with Gasteiger partial charge in [-0.2, -0.15) is 0 Å². The van der Waals surface area contributed by atoms with Gasteiger partial charge in [0.2, 0.25) is 0 Å². The summed E-state index contributed by atoms with van der Waals surface area (Å²) in [6.45, 7) is 2.44. The smallest absolute Gasteiger partial charge is 0.340 e. The maximum atomic E-state index is 12.4. The number of nitrogens with zero attached hydrogens (tertiary/aromatic N) is 3. The van der Waals surface area contributed by atoms with Gasteiger partial charge >= 0.3 is 12.0 Å². The molecule has 0 unspecified atom stereocenters. The van der Waals surface area contributed by atoms with E-state index < -0.39 is 5.97 Å². The third-order valence-corrected chi connectivity index (χ3v) is 5.52. The van der Waals surface area contributed by atoms with Crippen LogP contribution in [0.4, 0.5) is 10.5 Å². The topological polar surface area (TPSA) is 98.1 Å². The zero-order valence-electron chi connectivity index (χ0n) is 17.6. The standard InChI is InChI=1S/C23H27N5O3/c1-2-31-22(29)17-10-5-6-11-18(17)27-23(30)25-15-13-20-26-19-12-7-14-24-21(19)28(20)16-8-3-4-9-16/h5-7,10-12,14,16H,2-4,8-9,13,15H2,1H3,(H2,25,27,30). The maximum absolute atomic E-state index is 12.4. The number of nitrogens with one attached hydrogen (secondary N) is 2. The van der Waals surface area contributed by atoms with Gasteiger partial charge in [0.25, 0.3) is 0 Å². The lowest BCUT2D eigenvalue weighted by Gasteiger charge is -2.16. The SMILES string of the molecule is CCOC(=O)c1ccccc1NC(=O)NCCc1nc2cccnc2n1C1CCCC1. The number of benzene rings is 1. The quantitative estimate of drug-likeness (QED) is 0.560. The lowest BCUT2D eigenvalue weighted by Crippen LogP contribution is -2.31. The van der Waals surface area contributed by atoms with Crippen molar-refractivity contribution in [2.24, 2.45) is 0 Å². The molecule has 8 heteroatoms. The van der Waals surface area contributed by atoms with Crippen LogP contribution in [0.5, 0.6) is 0 Å². The number of hydrogen-bond acceptors (Lipinski definition) is 5. The van der Waals surface area contributed by atoms with Gasteiger partial charge in [-0.1, -0.05) is 25.0 Å². The fourth-order valence-corrected chi connectivity index (χ4v) is 4.13. The summed E-state index contributed by atoms with van der Waals surface area (Å²) in [4.78, 5) is 33.8. The molecule has 31 heavy (non-hydrogen) atoms. The van der Waals surface area contributed by atoms with E-state index in [1.807, 2.05) is 12.1 Å². The van der Waals surface area contributed by atoms with E-state index >= 15 is 0 Å². The average molecular weight is 422 g/mol. The molecule has 162 valence electrons. The van der Waals surface area contributed by atoms with Crippen molar-refractivity contribution in [3.8, 4) is 0 Å². The summed E-state index contributed by atoms with van der Waals surface area (Å²) in [5.41, 5.74) is 2.55. The molecular weight excluding hydrogens is 394 g/mol. The Morgan fingerprint density at radius 1 is 1.16 bits per heavy atom. The van der Waals surface area contributed by atoms with Gasteiger partial charge in [-0.05, 0) is 44.0 Å². The number of rotatable bonds is 7. The second-order valence-corrected chi connectivity index (χ2v) is 7.58. The Labute approximate surface area is 181 Å². The van der Waals surface area contributed by atoms with Crippen LogP contribution in [0.3, 0.4) is 0 Å². The average Bonchev–Trinajstić information content (AvgIpc) is 3.41. The molecule has 0 spiro atoms. The van der Waals surface area contributed by atoms with Crippen LogP contribution in [0.2, 0.25) is 0 Å². The molecule has 1 aliphatic rings. The highest BCUT2D eigenvalue weighted by Crippen LogP contribution is 2.33. The number of para-hydroxylation sites is 1. The van der Waals surface area contributed by atoms with Crippen molar-refractivity contribution in [2.75, 3.05) is 18.5 Å². The molecule has 0 aliphatic heterocycles. The first-order chi connectivity index (χ1) is 15.2. The van der Waals surface area contributed by atoms with E-state index in [0.717, 1.165) is 29.8 Å². The van der Waals surface area contributed by atoms with Crippen molar-refractivity contribution in [1.82, 2.24) is 19.9 Å². The number of aromatic nitrogens is 3. The van der Waals surface area contributed by atoms with E-state index in [4.69, 9.17) is 9.72 Å². The van der Waals surface area contributed by atoms with E-state index in [0.29, 0.717) is 30.3 Å². The first-order valence-electron chi connectivity index (χ1n) is 10.8. The minimum atomic E-state index is -0.462. The molecule has 2 heterocycles. The van der Waals surface area contributed by atoms with Crippen LogP contribution in [0.1, 0.15) is 54.8 Å². The van der Waals surface area contributed by atoms with E-state index in [9.17, 15) is 9.59 Å². The third-order valence-electron chi connectivity index (χ3n) is 5.52. The Morgan fingerprint density at radius 3 is 2.77 bits per heavy atom. The summed E-state index contributed by atoms with van der Waals surface area (Å²) in [6.07, 6.45) is 7.10. The Kier molecular flexibility index (Phi) is 6.45. The van der Waals surface area contributed by atoms with Gasteiger partial charge in [0.15, 0.2) is 5.65 Å². The van der Waals surface area contributed by atoms with Crippen molar-refractivity contribution in [3.05, 3.63) is 54.0 Å². The zero-order chi connectivity index (χ0) is 21.6. The monoisotopic (exact) mass is 421 g/mol. The second kappa shape index (κ2) is 9.59. The lowest BCUT2D eigenvalue weighted by atomic mass is 10.2. The number of ether oxygens (including phenoxy) is 1. The van der Waals surface area contributed by atoms with E-state index in [2.05, 4.69) is 20.2 Å². The number of carbonyl (C=O) groups excluding carboxylic acids is 2. The number of imidazole rings is 1. The van der Waals surface area contributed by atoms with Crippen molar-refractivity contribution in [1.29, 1.82) is 0 Å². The van der Waals surface area contributed by atoms with Gasteiger partial charge in [0.1, 0.15) is 11.3 Å². The largest absolute Gasteiger partial charge is 0.462 e. The summed E-state index contributed by atoms with van der Waals surface area (Å²) < 4.78 is 7.30. The third kappa shape index (κ3) is 4.68. The summed E-state index contributed by atoms with van der Waals surface area (Å²) in [5.74, 6) is 0.476. The van der Waals surface area contributed by atoms with Crippen molar-refractivity contribution >= 4 is 28.9 Å². The Bertz CT molecular complexity index is 1070. The molecule has 2 aromatic heterocycles. The molecule has 0 atom stereocenters.